The molecule has 0 saturated heterocycles. The molecule has 23 heavy (non-hydrogen) atoms. The minimum atomic E-state index is -0.258. The predicted octanol–water partition coefficient (Wildman–Crippen LogP) is 4.04. The lowest BCUT2D eigenvalue weighted by atomic mass is 9.93. The summed E-state index contributed by atoms with van der Waals surface area (Å²) in [5, 5.41) is 0. The molecule has 2 aliphatic rings. The summed E-state index contributed by atoms with van der Waals surface area (Å²) < 4.78 is 19.2. The first kappa shape index (κ1) is 16.2. The molecule has 1 aliphatic heterocycles. The molecule has 0 radical (unpaired) electrons. The maximum Gasteiger partial charge on any atom is 0.252 e. The average molecular weight is 317 g/mol. The molecule has 0 saturated carbocycles. The van der Waals surface area contributed by atoms with E-state index in [0.717, 1.165) is 36.8 Å². The van der Waals surface area contributed by atoms with Crippen LogP contribution in [0.3, 0.4) is 0 Å². The zero-order valence-corrected chi connectivity index (χ0v) is 13.8. The van der Waals surface area contributed by atoms with E-state index < -0.39 is 0 Å². The second-order valence-electron chi connectivity index (χ2n) is 6.85. The Morgan fingerprint density at radius 2 is 1.91 bits per heavy atom. The van der Waals surface area contributed by atoms with E-state index in [9.17, 15) is 9.18 Å². The summed E-state index contributed by atoms with van der Waals surface area (Å²) in [5.74, 6) is 0.260. The molecule has 0 spiro atoms. The van der Waals surface area contributed by atoms with Crippen LogP contribution < -0.4 is 0 Å². The summed E-state index contributed by atoms with van der Waals surface area (Å²) in [4.78, 5) is 14.6. The number of carbonyl (C=O) groups excluding carboxylic acids is 1. The van der Waals surface area contributed by atoms with Crippen LogP contribution in [0.25, 0.3) is 0 Å². The van der Waals surface area contributed by atoms with Crippen LogP contribution in [0.4, 0.5) is 4.39 Å². The molecule has 1 heterocycles. The number of carbonyl (C=O) groups is 1. The normalized spacial score (nSPS) is 21.3. The van der Waals surface area contributed by atoms with Crippen LogP contribution >= 0.6 is 0 Å². The van der Waals surface area contributed by atoms with E-state index in [1.165, 1.54) is 17.7 Å². The van der Waals surface area contributed by atoms with Gasteiger partial charge in [-0.2, -0.15) is 0 Å². The summed E-state index contributed by atoms with van der Waals surface area (Å²) >= 11 is 0. The first-order valence-electron chi connectivity index (χ1n) is 8.45. The summed E-state index contributed by atoms with van der Waals surface area (Å²) in [6.07, 6.45) is 3.76. The molecular weight excluding hydrogens is 293 g/mol. The number of nitrogens with zero attached hydrogens (tertiary/aromatic N) is 1. The predicted molar refractivity (Wildman–Crippen MR) is 87.0 cm³/mol. The lowest BCUT2D eigenvalue weighted by Crippen LogP contribution is -2.37. The second kappa shape index (κ2) is 6.83. The van der Waals surface area contributed by atoms with Crippen molar-refractivity contribution in [1.82, 2.24) is 4.90 Å². The quantitative estimate of drug-likeness (QED) is 0.820. The SMILES string of the molecule is CC(C)CO[C@@H]1C2=C(CCCC2)C(=O)N1Cc1ccc(F)cc1. The molecule has 1 amide bonds. The van der Waals surface area contributed by atoms with Crippen LogP contribution in [0, 0.1) is 11.7 Å². The summed E-state index contributed by atoms with van der Waals surface area (Å²) in [5.41, 5.74) is 3.05. The van der Waals surface area contributed by atoms with Crippen LogP contribution in [0.1, 0.15) is 45.1 Å². The van der Waals surface area contributed by atoms with Gasteiger partial charge in [-0.25, -0.2) is 4.39 Å². The van der Waals surface area contributed by atoms with Gasteiger partial charge in [0, 0.05) is 12.1 Å². The highest BCUT2D eigenvalue weighted by Crippen LogP contribution is 2.37. The molecule has 0 N–H and O–H groups in total. The standard InChI is InChI=1S/C19H24FNO2/c1-13(2)12-23-19-17-6-4-3-5-16(17)18(22)21(19)11-14-7-9-15(20)10-8-14/h7-10,13,19H,3-6,11-12H2,1-2H3/t19-/m1/s1. The van der Waals surface area contributed by atoms with E-state index in [-0.39, 0.29) is 18.0 Å². The zero-order valence-electron chi connectivity index (χ0n) is 13.8. The van der Waals surface area contributed by atoms with Crippen LogP contribution in [0.15, 0.2) is 35.4 Å². The number of benzene rings is 1. The fourth-order valence-electron chi connectivity index (χ4n) is 3.33. The van der Waals surface area contributed by atoms with E-state index in [4.69, 9.17) is 4.74 Å². The van der Waals surface area contributed by atoms with Gasteiger partial charge in [0.05, 0.1) is 6.61 Å². The van der Waals surface area contributed by atoms with Crippen LogP contribution in [-0.4, -0.2) is 23.6 Å². The number of rotatable bonds is 5. The van der Waals surface area contributed by atoms with Crippen molar-refractivity contribution in [3.63, 3.8) is 0 Å². The van der Waals surface area contributed by atoms with Crippen molar-refractivity contribution in [2.24, 2.45) is 5.92 Å². The van der Waals surface area contributed by atoms with Gasteiger partial charge in [-0.1, -0.05) is 26.0 Å². The lowest BCUT2D eigenvalue weighted by Gasteiger charge is -2.28. The Kier molecular flexibility index (Phi) is 4.81. The van der Waals surface area contributed by atoms with E-state index in [1.54, 1.807) is 12.1 Å². The summed E-state index contributed by atoms with van der Waals surface area (Å²) in [6, 6.07) is 6.35. The van der Waals surface area contributed by atoms with Gasteiger partial charge < -0.3 is 9.64 Å². The number of ether oxygens (including phenoxy) is 1. The number of hydrogen-bond acceptors (Lipinski definition) is 2. The van der Waals surface area contributed by atoms with Gasteiger partial charge in [-0.3, -0.25) is 4.79 Å². The third-order valence-electron chi connectivity index (χ3n) is 4.46. The summed E-state index contributed by atoms with van der Waals surface area (Å²) in [6.45, 7) is 5.32. The fraction of sp³-hybridized carbons (Fsp3) is 0.526. The van der Waals surface area contributed by atoms with Crippen molar-refractivity contribution >= 4 is 5.91 Å². The van der Waals surface area contributed by atoms with Crippen molar-refractivity contribution < 1.29 is 13.9 Å². The highest BCUT2D eigenvalue weighted by Gasteiger charge is 2.40. The molecule has 0 unspecified atom stereocenters. The van der Waals surface area contributed by atoms with Gasteiger partial charge >= 0.3 is 0 Å². The topological polar surface area (TPSA) is 29.5 Å². The highest BCUT2D eigenvalue weighted by atomic mass is 19.1. The van der Waals surface area contributed by atoms with Crippen LogP contribution in [0.2, 0.25) is 0 Å². The Balaban J connectivity index is 1.81. The van der Waals surface area contributed by atoms with Crippen LogP contribution in [-0.2, 0) is 16.1 Å². The largest absolute Gasteiger partial charge is 0.354 e. The van der Waals surface area contributed by atoms with Gasteiger partial charge in [0.25, 0.3) is 5.91 Å². The Morgan fingerprint density at radius 3 is 2.61 bits per heavy atom. The summed E-state index contributed by atoms with van der Waals surface area (Å²) in [7, 11) is 0. The van der Waals surface area contributed by atoms with Gasteiger partial charge in [0.2, 0.25) is 0 Å². The van der Waals surface area contributed by atoms with Gasteiger partial charge in [0.15, 0.2) is 6.23 Å². The molecule has 1 atom stereocenters. The van der Waals surface area contributed by atoms with Gasteiger partial charge in [-0.15, -0.1) is 0 Å². The van der Waals surface area contributed by atoms with Crippen molar-refractivity contribution in [2.45, 2.75) is 52.3 Å². The van der Waals surface area contributed by atoms with Crippen LogP contribution in [0.5, 0.6) is 0 Å². The molecule has 4 heteroatoms. The Labute approximate surface area is 137 Å². The Morgan fingerprint density at radius 1 is 1.22 bits per heavy atom. The number of hydrogen-bond donors (Lipinski definition) is 0. The van der Waals surface area contributed by atoms with Crippen molar-refractivity contribution in [2.75, 3.05) is 6.61 Å². The van der Waals surface area contributed by atoms with E-state index in [2.05, 4.69) is 13.8 Å². The minimum absolute atomic E-state index is 0.0952. The maximum absolute atomic E-state index is 13.1. The van der Waals surface area contributed by atoms with Crippen molar-refractivity contribution in [3.8, 4) is 0 Å². The highest BCUT2D eigenvalue weighted by molar-refractivity contribution is 5.97. The fourth-order valence-corrected chi connectivity index (χ4v) is 3.33. The molecule has 1 aliphatic carbocycles. The second-order valence-corrected chi connectivity index (χ2v) is 6.85. The third kappa shape index (κ3) is 3.47. The lowest BCUT2D eigenvalue weighted by molar-refractivity contribution is -0.137. The first-order valence-corrected chi connectivity index (χ1v) is 8.45. The smallest absolute Gasteiger partial charge is 0.252 e. The number of amides is 1. The molecular formula is C19H24FNO2. The van der Waals surface area contributed by atoms with E-state index >= 15 is 0 Å². The zero-order chi connectivity index (χ0) is 16.4. The maximum atomic E-state index is 13.1. The molecule has 0 aromatic heterocycles. The van der Waals surface area contributed by atoms with Crippen molar-refractivity contribution in [1.29, 1.82) is 0 Å². The van der Waals surface area contributed by atoms with Gasteiger partial charge in [0.1, 0.15) is 5.82 Å². The minimum Gasteiger partial charge on any atom is -0.354 e. The van der Waals surface area contributed by atoms with Crippen molar-refractivity contribution in [3.05, 3.63) is 46.8 Å². The Hall–Kier alpha value is -1.68. The average Bonchev–Trinajstić information content (AvgIpc) is 2.80. The molecule has 124 valence electrons. The van der Waals surface area contributed by atoms with E-state index in [0.29, 0.717) is 19.1 Å². The molecule has 1 aromatic carbocycles. The Bertz CT molecular complexity index is 606. The molecule has 1 aromatic rings. The molecule has 0 fully saturated rings. The number of halogens is 1. The molecule has 0 bridgehead atoms. The van der Waals surface area contributed by atoms with E-state index in [1.807, 2.05) is 4.90 Å². The molecule has 3 rings (SSSR count). The molecule has 3 nitrogen and oxygen atoms in total. The van der Waals surface area contributed by atoms with Gasteiger partial charge in [-0.05, 0) is 54.9 Å². The third-order valence-corrected chi connectivity index (χ3v) is 4.46. The first-order chi connectivity index (χ1) is 11.1. The monoisotopic (exact) mass is 317 g/mol.